The van der Waals surface area contributed by atoms with Gasteiger partial charge in [-0.1, -0.05) is 41.4 Å². The zero-order valence-electron chi connectivity index (χ0n) is 16.4. The Bertz CT molecular complexity index is 1180. The molecule has 0 saturated carbocycles. The van der Waals surface area contributed by atoms with Crippen molar-refractivity contribution < 1.29 is 17.6 Å². The number of anilines is 2. The van der Waals surface area contributed by atoms with E-state index in [1.807, 2.05) is 6.92 Å². The Kier molecular flexibility index (Phi) is 6.43. The summed E-state index contributed by atoms with van der Waals surface area (Å²) < 4.78 is 41.6. The molecule has 8 heteroatoms. The Hall–Kier alpha value is -2.90. The highest BCUT2D eigenvalue weighted by Gasteiger charge is 2.28. The minimum Gasteiger partial charge on any atom is -0.322 e. The maximum Gasteiger partial charge on any atom is 0.264 e. The molecule has 0 radical (unpaired) electrons. The van der Waals surface area contributed by atoms with Crippen molar-refractivity contribution in [2.24, 2.45) is 0 Å². The normalized spacial score (nSPS) is 11.2. The van der Waals surface area contributed by atoms with Crippen LogP contribution in [0.1, 0.15) is 11.1 Å². The smallest absolute Gasteiger partial charge is 0.264 e. The summed E-state index contributed by atoms with van der Waals surface area (Å²) in [4.78, 5) is 12.7. The van der Waals surface area contributed by atoms with Crippen molar-refractivity contribution in [3.63, 3.8) is 0 Å². The van der Waals surface area contributed by atoms with Gasteiger partial charge in [0.15, 0.2) is 0 Å². The Labute approximate surface area is 180 Å². The molecule has 0 aliphatic rings. The van der Waals surface area contributed by atoms with Crippen LogP contribution in [0.3, 0.4) is 0 Å². The second-order valence-electron chi connectivity index (χ2n) is 6.78. The number of carbonyl (C=O) groups is 1. The SMILES string of the molecule is Cc1ccc(S(=O)(=O)N(CC(=O)Nc2ccccc2F)c2ccc(Cl)cc2C)cc1. The predicted molar refractivity (Wildman–Crippen MR) is 117 cm³/mol. The number of aryl methyl sites for hydroxylation is 2. The average Bonchev–Trinajstić information content (AvgIpc) is 2.69. The van der Waals surface area contributed by atoms with Crippen molar-refractivity contribution in [2.75, 3.05) is 16.2 Å². The number of hydrogen-bond acceptors (Lipinski definition) is 3. The number of rotatable bonds is 6. The van der Waals surface area contributed by atoms with E-state index in [1.165, 1.54) is 30.3 Å². The molecule has 0 spiro atoms. The molecule has 0 fully saturated rings. The molecule has 1 amide bonds. The van der Waals surface area contributed by atoms with Crippen molar-refractivity contribution in [3.8, 4) is 0 Å². The molecule has 0 saturated heterocycles. The van der Waals surface area contributed by atoms with E-state index in [1.54, 1.807) is 43.3 Å². The molecule has 156 valence electrons. The molecule has 3 rings (SSSR count). The molecule has 3 aromatic carbocycles. The van der Waals surface area contributed by atoms with Crippen LogP contribution in [-0.4, -0.2) is 20.9 Å². The van der Waals surface area contributed by atoms with Crippen LogP contribution >= 0.6 is 11.6 Å². The molecule has 0 unspecified atom stereocenters. The molecule has 0 aliphatic heterocycles. The third-order valence-corrected chi connectivity index (χ3v) is 6.48. The second-order valence-corrected chi connectivity index (χ2v) is 9.08. The number of halogens is 2. The van der Waals surface area contributed by atoms with Crippen LogP contribution in [0.2, 0.25) is 5.02 Å². The van der Waals surface area contributed by atoms with Gasteiger partial charge in [-0.05, 0) is 61.9 Å². The van der Waals surface area contributed by atoms with Crippen LogP contribution in [-0.2, 0) is 14.8 Å². The summed E-state index contributed by atoms with van der Waals surface area (Å²) in [5.41, 5.74) is 1.77. The molecule has 0 atom stereocenters. The fraction of sp³-hybridized carbons (Fsp3) is 0.136. The first-order chi connectivity index (χ1) is 14.2. The lowest BCUT2D eigenvalue weighted by atomic mass is 10.2. The van der Waals surface area contributed by atoms with E-state index in [-0.39, 0.29) is 10.6 Å². The van der Waals surface area contributed by atoms with Crippen molar-refractivity contribution in [3.05, 3.63) is 88.7 Å². The van der Waals surface area contributed by atoms with E-state index in [0.29, 0.717) is 16.3 Å². The third kappa shape index (κ3) is 4.80. The Morgan fingerprint density at radius 1 is 1.03 bits per heavy atom. The lowest BCUT2D eigenvalue weighted by Crippen LogP contribution is -2.38. The quantitative estimate of drug-likeness (QED) is 0.583. The first-order valence-electron chi connectivity index (χ1n) is 9.08. The maximum absolute atomic E-state index is 13.9. The van der Waals surface area contributed by atoms with E-state index < -0.39 is 28.3 Å². The number of sulfonamides is 1. The van der Waals surface area contributed by atoms with Gasteiger partial charge >= 0.3 is 0 Å². The first-order valence-corrected chi connectivity index (χ1v) is 10.9. The lowest BCUT2D eigenvalue weighted by Gasteiger charge is -2.26. The van der Waals surface area contributed by atoms with Gasteiger partial charge in [-0.3, -0.25) is 9.10 Å². The molecule has 0 bridgehead atoms. The van der Waals surface area contributed by atoms with Gasteiger partial charge in [0, 0.05) is 5.02 Å². The predicted octanol–water partition coefficient (Wildman–Crippen LogP) is 4.93. The molecular weight excluding hydrogens is 427 g/mol. The van der Waals surface area contributed by atoms with E-state index >= 15 is 0 Å². The van der Waals surface area contributed by atoms with Crippen LogP contribution < -0.4 is 9.62 Å². The molecule has 0 aliphatic carbocycles. The Balaban J connectivity index is 2.00. The van der Waals surface area contributed by atoms with E-state index in [9.17, 15) is 17.6 Å². The van der Waals surface area contributed by atoms with Gasteiger partial charge in [0.1, 0.15) is 12.4 Å². The number of nitrogens with zero attached hydrogens (tertiary/aromatic N) is 1. The number of benzene rings is 3. The molecule has 30 heavy (non-hydrogen) atoms. The van der Waals surface area contributed by atoms with Crippen molar-refractivity contribution in [1.29, 1.82) is 0 Å². The van der Waals surface area contributed by atoms with Gasteiger partial charge < -0.3 is 5.32 Å². The first kappa shape index (κ1) is 21.8. The molecule has 1 N–H and O–H groups in total. The third-order valence-electron chi connectivity index (χ3n) is 4.47. The monoisotopic (exact) mass is 446 g/mol. The summed E-state index contributed by atoms with van der Waals surface area (Å²) in [5, 5.41) is 2.87. The summed E-state index contributed by atoms with van der Waals surface area (Å²) in [6.45, 7) is 3.01. The van der Waals surface area contributed by atoms with Crippen LogP contribution in [0.25, 0.3) is 0 Å². The van der Waals surface area contributed by atoms with Crippen molar-refractivity contribution in [1.82, 2.24) is 0 Å². The van der Waals surface area contributed by atoms with Crippen LogP contribution in [0.15, 0.2) is 71.6 Å². The van der Waals surface area contributed by atoms with Gasteiger partial charge in [-0.15, -0.1) is 0 Å². The molecular formula is C22H20ClFN2O3S. The largest absolute Gasteiger partial charge is 0.322 e. The van der Waals surface area contributed by atoms with E-state index in [0.717, 1.165) is 9.87 Å². The summed E-state index contributed by atoms with van der Waals surface area (Å²) in [7, 11) is -4.07. The number of amides is 1. The van der Waals surface area contributed by atoms with E-state index in [4.69, 9.17) is 11.6 Å². The van der Waals surface area contributed by atoms with Gasteiger partial charge in [0.2, 0.25) is 5.91 Å². The summed E-state index contributed by atoms with van der Waals surface area (Å²) >= 11 is 6.01. The Morgan fingerprint density at radius 2 is 1.70 bits per heavy atom. The number of para-hydroxylation sites is 1. The highest BCUT2D eigenvalue weighted by Crippen LogP contribution is 2.29. The molecule has 5 nitrogen and oxygen atoms in total. The topological polar surface area (TPSA) is 66.5 Å². The zero-order valence-corrected chi connectivity index (χ0v) is 18.0. The van der Waals surface area contributed by atoms with Crippen molar-refractivity contribution >= 4 is 38.9 Å². The highest BCUT2D eigenvalue weighted by atomic mass is 35.5. The minimum absolute atomic E-state index is 0.0250. The second kappa shape index (κ2) is 8.85. The van der Waals surface area contributed by atoms with Crippen LogP contribution in [0, 0.1) is 19.7 Å². The van der Waals surface area contributed by atoms with Crippen molar-refractivity contribution in [2.45, 2.75) is 18.7 Å². The van der Waals surface area contributed by atoms with Gasteiger partial charge in [0.05, 0.1) is 16.3 Å². The Morgan fingerprint density at radius 3 is 2.33 bits per heavy atom. The standard InChI is InChI=1S/C22H20ClFN2O3S/c1-15-7-10-18(11-8-15)30(28,29)26(21-12-9-17(23)13-16(21)2)14-22(27)25-20-6-4-3-5-19(20)24/h3-13H,14H2,1-2H3,(H,25,27). The maximum atomic E-state index is 13.9. The van der Waals surface area contributed by atoms with E-state index in [2.05, 4.69) is 5.32 Å². The van der Waals surface area contributed by atoms with Gasteiger partial charge in [-0.2, -0.15) is 0 Å². The fourth-order valence-electron chi connectivity index (χ4n) is 2.92. The zero-order chi connectivity index (χ0) is 21.9. The number of carbonyl (C=O) groups excluding carboxylic acids is 1. The molecule has 0 aromatic heterocycles. The average molecular weight is 447 g/mol. The summed E-state index contributed by atoms with van der Waals surface area (Å²) in [6.07, 6.45) is 0. The number of hydrogen-bond donors (Lipinski definition) is 1. The molecule has 3 aromatic rings. The number of nitrogens with one attached hydrogen (secondary N) is 1. The minimum atomic E-state index is -4.07. The summed E-state index contributed by atoms with van der Waals surface area (Å²) in [5.74, 6) is -1.29. The van der Waals surface area contributed by atoms with Gasteiger partial charge in [0.25, 0.3) is 10.0 Å². The van der Waals surface area contributed by atoms with Crippen LogP contribution in [0.5, 0.6) is 0 Å². The fourth-order valence-corrected chi connectivity index (χ4v) is 4.63. The molecule has 0 heterocycles. The lowest BCUT2D eigenvalue weighted by molar-refractivity contribution is -0.114. The van der Waals surface area contributed by atoms with Crippen LogP contribution in [0.4, 0.5) is 15.8 Å². The van der Waals surface area contributed by atoms with Gasteiger partial charge in [-0.25, -0.2) is 12.8 Å². The highest BCUT2D eigenvalue weighted by molar-refractivity contribution is 7.92. The summed E-state index contributed by atoms with van der Waals surface area (Å²) in [6, 6.07) is 16.7.